The minimum absolute atomic E-state index is 0.0319. The fourth-order valence-corrected chi connectivity index (χ4v) is 5.11. The predicted molar refractivity (Wildman–Crippen MR) is 104 cm³/mol. The van der Waals surface area contributed by atoms with E-state index < -0.39 is 10.0 Å². The molecule has 1 aliphatic rings. The molecule has 3 N–H and O–H groups in total. The van der Waals surface area contributed by atoms with Crippen LogP contribution < -0.4 is 15.4 Å². The average Bonchev–Trinajstić information content (AvgIpc) is 3.25. The molecule has 0 atom stereocenters. The van der Waals surface area contributed by atoms with Crippen LogP contribution >= 0.6 is 11.3 Å². The maximum absolute atomic E-state index is 12.4. The van der Waals surface area contributed by atoms with Gasteiger partial charge in [0.05, 0.1) is 11.4 Å². The second-order valence-corrected chi connectivity index (χ2v) is 9.53. The Kier molecular flexibility index (Phi) is 5.95. The number of sulfonamides is 1. The van der Waals surface area contributed by atoms with Crippen molar-refractivity contribution in [3.63, 3.8) is 0 Å². The fraction of sp³-hybridized carbons (Fsp3) is 0.389. The first kappa shape index (κ1) is 18.9. The zero-order chi connectivity index (χ0) is 18.6. The lowest BCUT2D eigenvalue weighted by molar-refractivity contribution is 0.252. The van der Waals surface area contributed by atoms with Crippen molar-refractivity contribution in [2.75, 3.05) is 5.32 Å². The zero-order valence-electron chi connectivity index (χ0n) is 14.6. The highest BCUT2D eigenvalue weighted by molar-refractivity contribution is 7.89. The first-order valence-electron chi connectivity index (χ1n) is 8.65. The molecule has 8 heteroatoms. The van der Waals surface area contributed by atoms with E-state index >= 15 is 0 Å². The van der Waals surface area contributed by atoms with E-state index in [9.17, 15) is 13.2 Å². The topological polar surface area (TPSA) is 87.3 Å². The maximum atomic E-state index is 12.4. The summed E-state index contributed by atoms with van der Waals surface area (Å²) in [5, 5.41) is 5.49. The number of anilines is 1. The van der Waals surface area contributed by atoms with E-state index in [1.807, 2.05) is 19.1 Å². The molecule has 1 fully saturated rings. The summed E-state index contributed by atoms with van der Waals surface area (Å²) in [5.41, 5.74) is 0.546. The van der Waals surface area contributed by atoms with E-state index in [-0.39, 0.29) is 17.0 Å². The Morgan fingerprint density at radius 3 is 2.42 bits per heavy atom. The molecule has 0 saturated heterocycles. The van der Waals surface area contributed by atoms with E-state index in [2.05, 4.69) is 15.4 Å². The molecule has 1 aromatic carbocycles. The summed E-state index contributed by atoms with van der Waals surface area (Å²) in [4.78, 5) is 14.4. The van der Waals surface area contributed by atoms with Crippen molar-refractivity contribution in [1.82, 2.24) is 10.0 Å². The fourth-order valence-electron chi connectivity index (χ4n) is 2.97. The molecule has 2 aromatic rings. The van der Waals surface area contributed by atoms with Crippen molar-refractivity contribution in [3.05, 3.63) is 46.2 Å². The first-order valence-corrected chi connectivity index (χ1v) is 10.9. The van der Waals surface area contributed by atoms with Crippen LogP contribution in [0, 0.1) is 6.92 Å². The number of amides is 2. The summed E-state index contributed by atoms with van der Waals surface area (Å²) >= 11 is 1.64. The third kappa shape index (κ3) is 5.06. The van der Waals surface area contributed by atoms with E-state index in [4.69, 9.17) is 0 Å². The summed E-state index contributed by atoms with van der Waals surface area (Å²) in [7, 11) is -3.51. The third-order valence-electron chi connectivity index (χ3n) is 4.32. The Morgan fingerprint density at radius 1 is 1.12 bits per heavy atom. The lowest BCUT2D eigenvalue weighted by Crippen LogP contribution is -2.32. The van der Waals surface area contributed by atoms with E-state index in [1.54, 1.807) is 23.5 Å². The molecule has 1 aromatic heterocycles. The summed E-state index contributed by atoms with van der Waals surface area (Å²) in [6.07, 6.45) is 3.91. The van der Waals surface area contributed by atoms with Crippen molar-refractivity contribution >= 4 is 33.1 Å². The molecule has 1 saturated carbocycles. The summed E-state index contributed by atoms with van der Waals surface area (Å²) in [5.74, 6) is 0. The Bertz CT molecular complexity index is 854. The molecular formula is C18H23N3O3S2. The highest BCUT2D eigenvalue weighted by atomic mass is 32.2. The predicted octanol–water partition coefficient (Wildman–Crippen LogP) is 3.60. The minimum atomic E-state index is -3.51. The highest BCUT2D eigenvalue weighted by Gasteiger charge is 2.22. The lowest BCUT2D eigenvalue weighted by atomic mass is 10.3. The largest absolute Gasteiger partial charge is 0.333 e. The van der Waals surface area contributed by atoms with E-state index in [0.29, 0.717) is 12.2 Å². The molecule has 0 spiro atoms. The zero-order valence-corrected chi connectivity index (χ0v) is 16.3. The smallest absolute Gasteiger partial charge is 0.319 e. The molecule has 0 bridgehead atoms. The van der Waals surface area contributed by atoms with Crippen LogP contribution in [-0.2, 0) is 16.6 Å². The number of thiophene rings is 1. The number of hydrogen-bond acceptors (Lipinski definition) is 4. The van der Waals surface area contributed by atoms with E-state index in [1.165, 1.54) is 17.0 Å². The third-order valence-corrected chi connectivity index (χ3v) is 6.86. The monoisotopic (exact) mass is 393 g/mol. The number of carbonyl (C=O) groups excluding carboxylic acids is 1. The summed E-state index contributed by atoms with van der Waals surface area (Å²) < 4.78 is 27.5. The number of nitrogens with one attached hydrogen (secondary N) is 3. The van der Waals surface area contributed by atoms with Crippen LogP contribution in [0.1, 0.15) is 35.4 Å². The number of carbonyl (C=O) groups is 1. The van der Waals surface area contributed by atoms with Crippen LogP contribution in [-0.4, -0.2) is 20.5 Å². The van der Waals surface area contributed by atoms with Gasteiger partial charge in [0.25, 0.3) is 0 Å². The number of benzene rings is 1. The molecule has 1 aliphatic carbocycles. The van der Waals surface area contributed by atoms with Crippen LogP contribution in [0.15, 0.2) is 41.3 Å². The molecule has 140 valence electrons. The van der Waals surface area contributed by atoms with Crippen molar-refractivity contribution in [1.29, 1.82) is 0 Å². The first-order chi connectivity index (χ1) is 12.4. The minimum Gasteiger partial charge on any atom is -0.333 e. The Balaban J connectivity index is 1.54. The molecule has 1 heterocycles. The van der Waals surface area contributed by atoms with Crippen molar-refractivity contribution in [2.45, 2.75) is 50.1 Å². The van der Waals surface area contributed by atoms with Crippen LogP contribution in [0.4, 0.5) is 10.5 Å². The lowest BCUT2D eigenvalue weighted by Gasteiger charge is -2.13. The van der Waals surface area contributed by atoms with Crippen LogP contribution in [0.2, 0.25) is 0 Å². The number of aryl methyl sites for hydroxylation is 1. The standard InChI is InChI=1S/C18H23N3O3S2/c1-13-6-9-16(25-13)12-19-18(22)20-14-7-10-17(11-8-14)26(23,24)21-15-4-2-3-5-15/h6-11,15,21H,2-5,12H2,1H3,(H2,19,20,22). The van der Waals surface area contributed by atoms with Gasteiger partial charge >= 0.3 is 6.03 Å². The van der Waals surface area contributed by atoms with Crippen molar-refractivity contribution in [2.24, 2.45) is 0 Å². The molecule has 26 heavy (non-hydrogen) atoms. The molecule has 3 rings (SSSR count). The van der Waals surface area contributed by atoms with Gasteiger partial charge in [-0.25, -0.2) is 17.9 Å². The SMILES string of the molecule is Cc1ccc(CNC(=O)Nc2ccc(S(=O)(=O)NC3CCCC3)cc2)s1. The second kappa shape index (κ2) is 8.20. The second-order valence-electron chi connectivity index (χ2n) is 6.45. The molecule has 2 amide bonds. The van der Waals surface area contributed by atoms with Gasteiger partial charge in [0, 0.05) is 21.5 Å². The Hall–Kier alpha value is -1.90. The molecule has 0 aliphatic heterocycles. The molecule has 0 unspecified atom stereocenters. The van der Waals surface area contributed by atoms with Gasteiger partial charge in [0.1, 0.15) is 0 Å². The van der Waals surface area contributed by atoms with Gasteiger partial charge < -0.3 is 10.6 Å². The Labute approximate surface area is 158 Å². The van der Waals surface area contributed by atoms with Crippen LogP contribution in [0.5, 0.6) is 0 Å². The summed E-state index contributed by atoms with van der Waals surface area (Å²) in [6, 6.07) is 9.91. The molecule has 6 nitrogen and oxygen atoms in total. The van der Waals surface area contributed by atoms with Crippen LogP contribution in [0.3, 0.4) is 0 Å². The quantitative estimate of drug-likeness (QED) is 0.701. The van der Waals surface area contributed by atoms with Gasteiger partial charge in [-0.3, -0.25) is 0 Å². The van der Waals surface area contributed by atoms with Gasteiger partial charge in [0.15, 0.2) is 0 Å². The molecule has 0 radical (unpaired) electrons. The maximum Gasteiger partial charge on any atom is 0.319 e. The van der Waals surface area contributed by atoms with Gasteiger partial charge in [0.2, 0.25) is 10.0 Å². The van der Waals surface area contributed by atoms with E-state index in [0.717, 1.165) is 30.6 Å². The Morgan fingerprint density at radius 2 is 1.81 bits per heavy atom. The summed E-state index contributed by atoms with van der Waals surface area (Å²) in [6.45, 7) is 2.48. The van der Waals surface area contributed by atoms with Crippen molar-refractivity contribution in [3.8, 4) is 0 Å². The average molecular weight is 394 g/mol. The van der Waals surface area contributed by atoms with Crippen molar-refractivity contribution < 1.29 is 13.2 Å². The number of urea groups is 1. The number of rotatable bonds is 6. The van der Waals surface area contributed by atoms with Gasteiger partial charge in [-0.05, 0) is 56.2 Å². The highest BCUT2D eigenvalue weighted by Crippen LogP contribution is 2.21. The van der Waals surface area contributed by atoms with Gasteiger partial charge in [-0.15, -0.1) is 11.3 Å². The van der Waals surface area contributed by atoms with Crippen LogP contribution in [0.25, 0.3) is 0 Å². The van der Waals surface area contributed by atoms with Gasteiger partial charge in [-0.2, -0.15) is 0 Å². The molecular weight excluding hydrogens is 370 g/mol. The van der Waals surface area contributed by atoms with Gasteiger partial charge in [-0.1, -0.05) is 12.8 Å². The normalized spacial score (nSPS) is 15.1. The number of hydrogen-bond donors (Lipinski definition) is 3.